The number of alkyl carbamates (subject to hydrolysis) is 1. The fraction of sp³-hybridized carbons (Fsp3) is 0.161. The van der Waals surface area contributed by atoms with E-state index >= 15 is 0 Å². The molecule has 6 rings (SSSR count). The van der Waals surface area contributed by atoms with Gasteiger partial charge in [0.25, 0.3) is 0 Å². The molecular formula is C31H27N5O4. The van der Waals surface area contributed by atoms with Gasteiger partial charge in [0.15, 0.2) is 0 Å². The number of ether oxygens (including phenoxy) is 1. The maximum Gasteiger partial charge on any atom is 0.407 e. The lowest BCUT2D eigenvalue weighted by molar-refractivity contribution is -0.117. The molecule has 0 radical (unpaired) electrons. The largest absolute Gasteiger partial charge is 0.445 e. The summed E-state index contributed by atoms with van der Waals surface area (Å²) in [5.41, 5.74) is 3.98. The number of carbonyl (C=O) groups is 2. The first kappa shape index (κ1) is 25.1. The van der Waals surface area contributed by atoms with Crippen LogP contribution < -0.4 is 15.8 Å². The lowest BCUT2D eigenvalue weighted by atomic mass is 9.99. The van der Waals surface area contributed by atoms with Gasteiger partial charge >= 0.3 is 6.09 Å². The summed E-state index contributed by atoms with van der Waals surface area (Å²) in [6.45, 7) is 0.142. The molecular weight excluding hydrogens is 506 g/mol. The normalized spacial score (nSPS) is 16.8. The number of amides is 2. The van der Waals surface area contributed by atoms with Crippen LogP contribution in [0.1, 0.15) is 23.6 Å². The highest BCUT2D eigenvalue weighted by Gasteiger charge is 2.42. The Morgan fingerprint density at radius 2 is 1.68 bits per heavy atom. The number of aromatic nitrogens is 3. The van der Waals surface area contributed by atoms with Crippen molar-refractivity contribution in [1.82, 2.24) is 19.7 Å². The third-order valence-corrected chi connectivity index (χ3v) is 7.12. The minimum atomic E-state index is -0.571. The van der Waals surface area contributed by atoms with Crippen molar-refractivity contribution in [3.8, 4) is 5.69 Å². The fourth-order valence-corrected chi connectivity index (χ4v) is 5.20. The van der Waals surface area contributed by atoms with E-state index < -0.39 is 18.2 Å². The summed E-state index contributed by atoms with van der Waals surface area (Å²) in [6, 6.07) is 27.2. The topological polar surface area (TPSA) is 98.5 Å². The van der Waals surface area contributed by atoms with E-state index in [9.17, 15) is 14.4 Å². The third-order valence-electron chi connectivity index (χ3n) is 7.12. The Hall–Kier alpha value is -5.18. The van der Waals surface area contributed by atoms with Crippen LogP contribution in [0.15, 0.2) is 108 Å². The Labute approximate surface area is 230 Å². The molecule has 2 unspecified atom stereocenters. The lowest BCUT2D eigenvalue weighted by Crippen LogP contribution is -2.40. The number of pyridine rings is 1. The molecule has 1 aliphatic rings. The highest BCUT2D eigenvalue weighted by atomic mass is 16.5. The molecule has 2 amide bonds. The summed E-state index contributed by atoms with van der Waals surface area (Å²) in [5, 5.41) is 8.29. The average molecular weight is 534 g/mol. The number of carbonyl (C=O) groups excluding carboxylic acids is 2. The molecule has 9 nitrogen and oxygen atoms in total. The van der Waals surface area contributed by atoms with Crippen molar-refractivity contribution >= 4 is 28.6 Å². The van der Waals surface area contributed by atoms with Gasteiger partial charge < -0.3 is 19.5 Å². The maximum absolute atomic E-state index is 13.4. The summed E-state index contributed by atoms with van der Waals surface area (Å²) in [4.78, 5) is 39.8. The van der Waals surface area contributed by atoms with E-state index in [2.05, 4.69) is 10.4 Å². The van der Waals surface area contributed by atoms with Gasteiger partial charge in [0.1, 0.15) is 6.61 Å². The molecule has 3 heterocycles. The third kappa shape index (κ3) is 4.84. The summed E-state index contributed by atoms with van der Waals surface area (Å²) >= 11 is 0. The number of anilines is 1. The fourth-order valence-electron chi connectivity index (χ4n) is 5.20. The molecule has 3 aromatic carbocycles. The first-order chi connectivity index (χ1) is 19.5. The molecule has 1 N–H and O–H groups in total. The first-order valence-corrected chi connectivity index (χ1v) is 13.0. The number of rotatable bonds is 6. The molecule has 0 saturated carbocycles. The Morgan fingerprint density at radius 1 is 0.950 bits per heavy atom. The van der Waals surface area contributed by atoms with Crippen molar-refractivity contribution in [2.45, 2.75) is 25.1 Å². The Balaban J connectivity index is 1.29. The number of nitrogens with zero attached hydrogens (tertiary/aromatic N) is 4. The van der Waals surface area contributed by atoms with E-state index in [1.165, 1.54) is 10.6 Å². The van der Waals surface area contributed by atoms with E-state index in [0.29, 0.717) is 5.69 Å². The van der Waals surface area contributed by atoms with Crippen LogP contribution in [0.5, 0.6) is 0 Å². The number of benzene rings is 3. The summed E-state index contributed by atoms with van der Waals surface area (Å²) in [7, 11) is 1.69. The maximum atomic E-state index is 13.4. The summed E-state index contributed by atoms with van der Waals surface area (Å²) < 4.78 is 8.72. The highest BCUT2D eigenvalue weighted by molar-refractivity contribution is 5.99. The second-order valence-corrected chi connectivity index (χ2v) is 9.77. The molecule has 2 atom stereocenters. The second kappa shape index (κ2) is 10.5. The zero-order valence-electron chi connectivity index (χ0n) is 21.8. The van der Waals surface area contributed by atoms with Crippen LogP contribution in [-0.2, 0) is 23.2 Å². The monoisotopic (exact) mass is 533 g/mol. The molecule has 0 bridgehead atoms. The Morgan fingerprint density at radius 3 is 2.42 bits per heavy atom. The van der Waals surface area contributed by atoms with Gasteiger partial charge in [-0.1, -0.05) is 60.7 Å². The van der Waals surface area contributed by atoms with Crippen molar-refractivity contribution in [2.24, 2.45) is 7.05 Å². The van der Waals surface area contributed by atoms with Gasteiger partial charge in [0, 0.05) is 36.8 Å². The molecule has 1 aliphatic heterocycles. The smallest absolute Gasteiger partial charge is 0.407 e. The Kier molecular flexibility index (Phi) is 6.61. The lowest BCUT2D eigenvalue weighted by Gasteiger charge is -2.29. The number of hydrogen-bond donors (Lipinski definition) is 1. The minimum Gasteiger partial charge on any atom is -0.445 e. The van der Waals surface area contributed by atoms with Crippen LogP contribution in [0.2, 0.25) is 0 Å². The van der Waals surface area contributed by atoms with Gasteiger partial charge in [-0.15, -0.1) is 0 Å². The van der Waals surface area contributed by atoms with E-state index in [-0.39, 0.29) is 24.5 Å². The first-order valence-electron chi connectivity index (χ1n) is 13.0. The number of nitrogens with one attached hydrogen (secondary N) is 1. The van der Waals surface area contributed by atoms with E-state index in [1.54, 1.807) is 35.1 Å². The van der Waals surface area contributed by atoms with Gasteiger partial charge in [0.05, 0.1) is 29.5 Å². The van der Waals surface area contributed by atoms with Gasteiger partial charge in [-0.2, -0.15) is 5.10 Å². The van der Waals surface area contributed by atoms with Crippen molar-refractivity contribution in [3.63, 3.8) is 0 Å². The van der Waals surface area contributed by atoms with Crippen LogP contribution >= 0.6 is 0 Å². The van der Waals surface area contributed by atoms with Crippen LogP contribution in [0.25, 0.3) is 16.6 Å². The van der Waals surface area contributed by atoms with E-state index in [4.69, 9.17) is 4.74 Å². The van der Waals surface area contributed by atoms with Crippen molar-refractivity contribution < 1.29 is 14.3 Å². The van der Waals surface area contributed by atoms with Gasteiger partial charge in [0.2, 0.25) is 11.5 Å². The number of hydrogen-bond acceptors (Lipinski definition) is 5. The SMILES string of the molecule is Cn1cc(-n2ncc3cc(N4C(=O)CC(NC(=O)OCc5ccccc5)C4c4ccccc4)ccc32)ccc1=O. The van der Waals surface area contributed by atoms with Crippen LogP contribution in [-0.4, -0.2) is 32.4 Å². The van der Waals surface area contributed by atoms with Crippen LogP contribution in [0, 0.1) is 0 Å². The number of fused-ring (bicyclic) bond motifs is 1. The molecule has 1 fully saturated rings. The van der Waals surface area contributed by atoms with Crippen LogP contribution in [0.4, 0.5) is 10.5 Å². The van der Waals surface area contributed by atoms with Gasteiger partial charge in [-0.05, 0) is 35.4 Å². The van der Waals surface area contributed by atoms with Crippen LogP contribution in [0.3, 0.4) is 0 Å². The van der Waals surface area contributed by atoms with Crippen molar-refractivity contribution in [2.75, 3.05) is 4.90 Å². The highest BCUT2D eigenvalue weighted by Crippen LogP contribution is 2.38. The molecule has 40 heavy (non-hydrogen) atoms. The average Bonchev–Trinajstić information content (AvgIpc) is 3.54. The standard InChI is InChI=1S/C31H27N5O4/c1-34-19-25(13-15-28(34)37)36-27-14-12-24(16-23(27)18-32-36)35-29(38)17-26(30(35)22-10-6-3-7-11-22)33-31(39)40-20-21-8-4-2-5-9-21/h2-16,18-19,26,30H,17,20H2,1H3,(H,33,39). The molecule has 5 aromatic rings. The molecule has 2 aromatic heterocycles. The molecule has 0 spiro atoms. The quantitative estimate of drug-likeness (QED) is 0.347. The minimum absolute atomic E-state index is 0.103. The van der Waals surface area contributed by atoms with Gasteiger partial charge in [-0.3, -0.25) is 9.59 Å². The predicted molar refractivity (Wildman–Crippen MR) is 151 cm³/mol. The predicted octanol–water partition coefficient (Wildman–Crippen LogP) is 4.50. The summed E-state index contributed by atoms with van der Waals surface area (Å²) in [6.07, 6.45) is 3.03. The van der Waals surface area contributed by atoms with E-state index in [1.807, 2.05) is 78.9 Å². The Bertz CT molecular complexity index is 1750. The zero-order valence-corrected chi connectivity index (χ0v) is 21.8. The molecule has 9 heteroatoms. The molecule has 0 aliphatic carbocycles. The summed E-state index contributed by atoms with van der Waals surface area (Å²) in [5.74, 6) is -0.105. The second-order valence-electron chi connectivity index (χ2n) is 9.77. The number of aryl methyl sites for hydroxylation is 1. The molecule has 200 valence electrons. The molecule has 1 saturated heterocycles. The zero-order chi connectivity index (χ0) is 27.6. The van der Waals surface area contributed by atoms with Gasteiger partial charge in [-0.25, -0.2) is 9.48 Å². The van der Waals surface area contributed by atoms with E-state index in [0.717, 1.165) is 27.7 Å². The van der Waals surface area contributed by atoms with Crippen molar-refractivity contribution in [3.05, 3.63) is 125 Å². The van der Waals surface area contributed by atoms with Crippen molar-refractivity contribution in [1.29, 1.82) is 0 Å².